The number of sulfonamides is 1. The van der Waals surface area contributed by atoms with Crippen molar-refractivity contribution in [3.63, 3.8) is 0 Å². The van der Waals surface area contributed by atoms with E-state index < -0.39 is 10.0 Å². The lowest BCUT2D eigenvalue weighted by Crippen LogP contribution is -2.45. The highest BCUT2D eigenvalue weighted by Gasteiger charge is 2.26. The van der Waals surface area contributed by atoms with Crippen LogP contribution in [0.4, 0.5) is 0 Å². The molecule has 0 atom stereocenters. The van der Waals surface area contributed by atoms with Gasteiger partial charge in [0.1, 0.15) is 0 Å². The van der Waals surface area contributed by atoms with Crippen LogP contribution in [0.3, 0.4) is 0 Å². The van der Waals surface area contributed by atoms with Crippen molar-refractivity contribution in [1.82, 2.24) is 9.21 Å². The quantitative estimate of drug-likeness (QED) is 0.689. The summed E-state index contributed by atoms with van der Waals surface area (Å²) < 4.78 is 24.1. The van der Waals surface area contributed by atoms with Crippen LogP contribution in [0, 0.1) is 0 Å². The summed E-state index contributed by atoms with van der Waals surface area (Å²) in [5.74, 6) is 0. The lowest BCUT2D eigenvalue weighted by molar-refractivity contribution is 0.177. The van der Waals surface area contributed by atoms with Gasteiger partial charge in [-0.3, -0.25) is 0 Å². The summed E-state index contributed by atoms with van der Waals surface area (Å²) in [6.45, 7) is 5.23. The Morgan fingerprint density at radius 1 is 1.36 bits per heavy atom. The Morgan fingerprint density at radius 2 is 1.86 bits per heavy atom. The first-order valence-corrected chi connectivity index (χ1v) is 6.95. The van der Waals surface area contributed by atoms with Gasteiger partial charge in [0, 0.05) is 13.1 Å². The molecule has 1 fully saturated rings. The molecule has 0 N–H and O–H groups in total. The molecule has 1 saturated heterocycles. The van der Waals surface area contributed by atoms with E-state index in [1.165, 1.54) is 10.6 Å². The fraction of sp³-hybridized carbons (Fsp3) is 1.00. The SMILES string of the molecule is CCN1CCC(N(C)S(C)(=O)=O)CC1. The van der Waals surface area contributed by atoms with E-state index in [9.17, 15) is 8.42 Å². The molecule has 0 aromatic heterocycles. The molecule has 4 nitrogen and oxygen atoms in total. The molecular formula is C9H20N2O2S. The second kappa shape index (κ2) is 4.59. The Morgan fingerprint density at radius 3 is 2.21 bits per heavy atom. The molecule has 1 rings (SSSR count). The molecule has 5 heteroatoms. The van der Waals surface area contributed by atoms with E-state index in [0.717, 1.165) is 32.5 Å². The largest absolute Gasteiger partial charge is 0.303 e. The topological polar surface area (TPSA) is 40.6 Å². The molecule has 1 aliphatic rings. The monoisotopic (exact) mass is 220 g/mol. The second-order valence-electron chi connectivity index (χ2n) is 3.94. The Labute approximate surface area is 86.9 Å². The van der Waals surface area contributed by atoms with Crippen LogP contribution >= 0.6 is 0 Å². The van der Waals surface area contributed by atoms with E-state index in [-0.39, 0.29) is 6.04 Å². The van der Waals surface area contributed by atoms with Crippen molar-refractivity contribution >= 4 is 10.0 Å². The summed E-state index contributed by atoms with van der Waals surface area (Å²) in [5.41, 5.74) is 0. The molecule has 1 aliphatic heterocycles. The summed E-state index contributed by atoms with van der Waals surface area (Å²) in [4.78, 5) is 2.35. The van der Waals surface area contributed by atoms with Crippen molar-refractivity contribution in [3.8, 4) is 0 Å². The fourth-order valence-corrected chi connectivity index (χ4v) is 2.62. The van der Waals surface area contributed by atoms with Gasteiger partial charge in [-0.15, -0.1) is 0 Å². The smallest absolute Gasteiger partial charge is 0.211 e. The van der Waals surface area contributed by atoms with Gasteiger partial charge in [-0.2, -0.15) is 0 Å². The Balaban J connectivity index is 2.50. The zero-order valence-electron chi connectivity index (χ0n) is 9.23. The van der Waals surface area contributed by atoms with Crippen molar-refractivity contribution in [2.24, 2.45) is 0 Å². The van der Waals surface area contributed by atoms with E-state index in [4.69, 9.17) is 0 Å². The Hall–Kier alpha value is -0.130. The van der Waals surface area contributed by atoms with Crippen LogP contribution in [-0.2, 0) is 10.0 Å². The molecule has 0 unspecified atom stereocenters. The third-order valence-electron chi connectivity index (χ3n) is 3.04. The maximum atomic E-state index is 11.3. The zero-order valence-corrected chi connectivity index (χ0v) is 10.0. The number of likely N-dealkylation sites (tertiary alicyclic amines) is 1. The third-order valence-corrected chi connectivity index (χ3v) is 4.39. The van der Waals surface area contributed by atoms with E-state index >= 15 is 0 Å². The molecule has 1 heterocycles. The lowest BCUT2D eigenvalue weighted by atomic mass is 10.1. The Bertz CT molecular complexity index is 269. The highest BCUT2D eigenvalue weighted by Crippen LogP contribution is 2.16. The molecule has 0 aromatic carbocycles. The maximum absolute atomic E-state index is 11.3. The van der Waals surface area contributed by atoms with Gasteiger partial charge in [-0.25, -0.2) is 12.7 Å². The van der Waals surface area contributed by atoms with Crippen LogP contribution in [0.2, 0.25) is 0 Å². The average Bonchev–Trinajstić information content (AvgIpc) is 2.15. The number of hydrogen-bond donors (Lipinski definition) is 0. The molecule has 0 aromatic rings. The lowest BCUT2D eigenvalue weighted by Gasteiger charge is -2.35. The van der Waals surface area contributed by atoms with Crippen molar-refractivity contribution in [3.05, 3.63) is 0 Å². The molecule has 0 radical (unpaired) electrons. The van der Waals surface area contributed by atoms with Gasteiger partial charge < -0.3 is 4.90 Å². The van der Waals surface area contributed by atoms with Crippen LogP contribution in [-0.4, -0.2) is 56.6 Å². The molecular weight excluding hydrogens is 200 g/mol. The van der Waals surface area contributed by atoms with Crippen LogP contribution in [0.5, 0.6) is 0 Å². The van der Waals surface area contributed by atoms with Crippen molar-refractivity contribution < 1.29 is 8.42 Å². The standard InChI is InChI=1S/C9H20N2O2S/c1-4-11-7-5-9(6-8-11)10(2)14(3,12)13/h9H,4-8H2,1-3H3. The molecule has 0 saturated carbocycles. The predicted octanol–water partition coefficient (Wildman–Crippen LogP) is 0.362. The predicted molar refractivity (Wildman–Crippen MR) is 57.7 cm³/mol. The third kappa shape index (κ3) is 2.93. The van der Waals surface area contributed by atoms with Crippen LogP contribution in [0.1, 0.15) is 19.8 Å². The van der Waals surface area contributed by atoms with Crippen LogP contribution < -0.4 is 0 Å². The zero-order chi connectivity index (χ0) is 10.8. The van der Waals surface area contributed by atoms with Crippen molar-refractivity contribution in [1.29, 1.82) is 0 Å². The van der Waals surface area contributed by atoms with Crippen molar-refractivity contribution in [2.45, 2.75) is 25.8 Å². The summed E-state index contributed by atoms with van der Waals surface area (Å²) in [6, 6.07) is 0.202. The van der Waals surface area contributed by atoms with E-state index in [1.54, 1.807) is 7.05 Å². The molecule has 0 spiro atoms. The van der Waals surface area contributed by atoms with Crippen LogP contribution in [0.15, 0.2) is 0 Å². The minimum Gasteiger partial charge on any atom is -0.303 e. The summed E-state index contributed by atoms with van der Waals surface area (Å²) in [5, 5.41) is 0. The summed E-state index contributed by atoms with van der Waals surface area (Å²) >= 11 is 0. The van der Waals surface area contributed by atoms with Gasteiger partial charge in [-0.05, 0) is 32.5 Å². The highest BCUT2D eigenvalue weighted by atomic mass is 32.2. The number of piperidine rings is 1. The van der Waals surface area contributed by atoms with Gasteiger partial charge in [0.05, 0.1) is 6.26 Å². The molecule has 14 heavy (non-hydrogen) atoms. The molecule has 84 valence electrons. The van der Waals surface area contributed by atoms with Gasteiger partial charge in [0.15, 0.2) is 0 Å². The molecule has 0 aliphatic carbocycles. The van der Waals surface area contributed by atoms with Gasteiger partial charge >= 0.3 is 0 Å². The minimum absolute atomic E-state index is 0.202. The first-order valence-electron chi connectivity index (χ1n) is 5.10. The highest BCUT2D eigenvalue weighted by molar-refractivity contribution is 7.88. The normalized spacial score (nSPS) is 21.7. The second-order valence-corrected chi connectivity index (χ2v) is 5.99. The van der Waals surface area contributed by atoms with Gasteiger partial charge in [0.25, 0.3) is 0 Å². The molecule has 0 bridgehead atoms. The Kier molecular flexibility index (Phi) is 3.92. The summed E-state index contributed by atoms with van der Waals surface area (Å²) in [7, 11) is -1.33. The van der Waals surface area contributed by atoms with E-state index in [0.29, 0.717) is 0 Å². The number of hydrogen-bond acceptors (Lipinski definition) is 3. The maximum Gasteiger partial charge on any atom is 0.211 e. The van der Waals surface area contributed by atoms with E-state index in [1.807, 2.05) is 0 Å². The van der Waals surface area contributed by atoms with Crippen LogP contribution in [0.25, 0.3) is 0 Å². The number of nitrogens with zero attached hydrogens (tertiary/aromatic N) is 2. The summed E-state index contributed by atoms with van der Waals surface area (Å²) in [6.07, 6.45) is 3.19. The van der Waals surface area contributed by atoms with Crippen molar-refractivity contribution in [2.75, 3.05) is 32.9 Å². The van der Waals surface area contributed by atoms with Gasteiger partial charge in [-0.1, -0.05) is 6.92 Å². The minimum atomic E-state index is -3.01. The first kappa shape index (κ1) is 11.9. The van der Waals surface area contributed by atoms with E-state index in [2.05, 4.69) is 11.8 Å². The van der Waals surface area contributed by atoms with Gasteiger partial charge in [0.2, 0.25) is 10.0 Å². The average molecular weight is 220 g/mol. The fourth-order valence-electron chi connectivity index (χ4n) is 1.87. The molecule has 0 amide bonds. The first-order chi connectivity index (χ1) is 6.45. The number of rotatable bonds is 3.